The fraction of sp³-hybridized carbons (Fsp3) is 0.412. The first kappa shape index (κ1) is 23.5. The topological polar surface area (TPSA) is 58.5 Å². The van der Waals surface area contributed by atoms with Gasteiger partial charge in [0.1, 0.15) is 5.75 Å². The number of aryl methyl sites for hydroxylation is 2. The quantitative estimate of drug-likeness (QED) is 0.356. The zero-order chi connectivity index (χ0) is 19.3. The van der Waals surface area contributed by atoms with Gasteiger partial charge in [0.2, 0.25) is 0 Å². The van der Waals surface area contributed by atoms with E-state index in [9.17, 15) is 13.2 Å². The number of thiazole rings is 1. The van der Waals surface area contributed by atoms with Crippen molar-refractivity contribution < 1.29 is 17.9 Å². The van der Waals surface area contributed by atoms with E-state index in [0.29, 0.717) is 12.5 Å². The first-order valence-electron chi connectivity index (χ1n) is 7.86. The van der Waals surface area contributed by atoms with Crippen LogP contribution in [-0.4, -0.2) is 25.1 Å². The van der Waals surface area contributed by atoms with Gasteiger partial charge < -0.3 is 15.4 Å². The van der Waals surface area contributed by atoms with E-state index < -0.39 is 11.7 Å². The number of benzene rings is 1. The Hall–Kier alpha value is -1.56. The molecule has 0 radical (unpaired) electrons. The minimum atomic E-state index is -4.46. The molecule has 0 aliphatic rings. The van der Waals surface area contributed by atoms with Crippen LogP contribution in [0.3, 0.4) is 0 Å². The molecule has 0 aliphatic heterocycles. The minimum Gasteiger partial charge on any atom is -0.497 e. The molecule has 0 spiro atoms. The predicted octanol–water partition coefficient (Wildman–Crippen LogP) is 4.27. The number of aliphatic imine (C=N–C) groups is 1. The van der Waals surface area contributed by atoms with Gasteiger partial charge in [-0.05, 0) is 31.5 Å². The second-order valence-corrected chi connectivity index (χ2v) is 6.83. The summed E-state index contributed by atoms with van der Waals surface area (Å²) in [5.74, 6) is 0.582. The first-order valence-corrected chi connectivity index (χ1v) is 8.67. The first-order chi connectivity index (χ1) is 12.2. The number of alkyl halides is 3. The fourth-order valence-corrected chi connectivity index (χ4v) is 3.28. The molecule has 150 valence electrons. The Labute approximate surface area is 177 Å². The number of guanidine groups is 1. The summed E-state index contributed by atoms with van der Waals surface area (Å²) >= 11 is 1.57. The number of ether oxygens (including phenoxy) is 1. The zero-order valence-corrected chi connectivity index (χ0v) is 18.5. The molecule has 2 rings (SSSR count). The number of nitrogens with one attached hydrogen (secondary N) is 2. The van der Waals surface area contributed by atoms with Crippen molar-refractivity contribution in [3.05, 3.63) is 44.9 Å². The van der Waals surface area contributed by atoms with Crippen LogP contribution in [0.15, 0.2) is 23.2 Å². The molecule has 5 nitrogen and oxygen atoms in total. The number of aromatic nitrogens is 1. The highest BCUT2D eigenvalue weighted by Gasteiger charge is 2.33. The van der Waals surface area contributed by atoms with Crippen LogP contribution < -0.4 is 15.4 Å². The maximum atomic E-state index is 13.3. The van der Waals surface area contributed by atoms with E-state index in [-0.39, 0.29) is 41.8 Å². The number of halogens is 4. The zero-order valence-electron chi connectivity index (χ0n) is 15.4. The van der Waals surface area contributed by atoms with Crippen molar-refractivity contribution in [2.45, 2.75) is 33.1 Å². The van der Waals surface area contributed by atoms with Crippen molar-refractivity contribution in [2.75, 3.05) is 14.2 Å². The van der Waals surface area contributed by atoms with Gasteiger partial charge in [-0.3, -0.25) is 4.99 Å². The molecule has 2 N–H and O–H groups in total. The Balaban J connectivity index is 0.00000364. The molecular weight excluding hydrogens is 492 g/mol. The van der Waals surface area contributed by atoms with Crippen LogP contribution in [0, 0.1) is 13.8 Å². The minimum absolute atomic E-state index is 0. The Morgan fingerprint density at radius 2 is 1.89 bits per heavy atom. The molecule has 1 aromatic heterocycles. The van der Waals surface area contributed by atoms with E-state index in [1.165, 1.54) is 19.2 Å². The lowest BCUT2D eigenvalue weighted by atomic mass is 10.1. The molecule has 1 heterocycles. The van der Waals surface area contributed by atoms with Gasteiger partial charge in [0.25, 0.3) is 0 Å². The fourth-order valence-electron chi connectivity index (χ4n) is 2.40. The summed E-state index contributed by atoms with van der Waals surface area (Å²) < 4.78 is 44.6. The Morgan fingerprint density at radius 1 is 1.22 bits per heavy atom. The van der Waals surface area contributed by atoms with E-state index in [4.69, 9.17) is 4.74 Å². The van der Waals surface area contributed by atoms with Crippen molar-refractivity contribution in [2.24, 2.45) is 4.99 Å². The number of hydrogen-bond acceptors (Lipinski definition) is 4. The molecule has 1 aromatic carbocycles. The van der Waals surface area contributed by atoms with Gasteiger partial charge in [-0.2, -0.15) is 13.2 Å². The lowest BCUT2D eigenvalue weighted by Crippen LogP contribution is -2.36. The highest BCUT2D eigenvalue weighted by Crippen LogP contribution is 2.34. The average Bonchev–Trinajstić information content (AvgIpc) is 2.91. The largest absolute Gasteiger partial charge is 0.497 e. The van der Waals surface area contributed by atoms with Crippen LogP contribution in [0.5, 0.6) is 5.75 Å². The predicted molar refractivity (Wildman–Crippen MR) is 112 cm³/mol. The van der Waals surface area contributed by atoms with Gasteiger partial charge in [-0.25, -0.2) is 4.98 Å². The van der Waals surface area contributed by atoms with Gasteiger partial charge >= 0.3 is 6.18 Å². The Kier molecular flexibility index (Phi) is 8.79. The number of rotatable bonds is 5. The monoisotopic (exact) mass is 514 g/mol. The van der Waals surface area contributed by atoms with Gasteiger partial charge in [0, 0.05) is 18.5 Å². The van der Waals surface area contributed by atoms with Crippen molar-refractivity contribution in [3.8, 4) is 5.75 Å². The molecule has 0 bridgehead atoms. The summed E-state index contributed by atoms with van der Waals surface area (Å²) in [7, 11) is 2.90. The van der Waals surface area contributed by atoms with Crippen LogP contribution in [0.25, 0.3) is 0 Å². The molecule has 0 aliphatic carbocycles. The third kappa shape index (κ3) is 6.52. The normalized spacial score (nSPS) is 11.7. The van der Waals surface area contributed by atoms with Gasteiger partial charge in [0.15, 0.2) is 5.96 Å². The molecule has 0 atom stereocenters. The second kappa shape index (κ2) is 10.1. The van der Waals surface area contributed by atoms with Crippen LogP contribution >= 0.6 is 35.3 Å². The van der Waals surface area contributed by atoms with Crippen molar-refractivity contribution in [3.63, 3.8) is 0 Å². The maximum absolute atomic E-state index is 13.3. The second-order valence-electron chi connectivity index (χ2n) is 5.54. The smallest absolute Gasteiger partial charge is 0.416 e. The lowest BCUT2D eigenvalue weighted by Gasteiger charge is -2.16. The number of hydrogen-bond donors (Lipinski definition) is 2. The van der Waals surface area contributed by atoms with E-state index in [1.54, 1.807) is 18.4 Å². The number of methoxy groups -OCH3 is 1. The van der Waals surface area contributed by atoms with Crippen molar-refractivity contribution in [1.82, 2.24) is 15.6 Å². The van der Waals surface area contributed by atoms with Crippen molar-refractivity contribution >= 4 is 41.3 Å². The standard InChI is InChI=1S/C17H21F3N4OS.HI/c1-10-15(26-11(2)24-10)9-23-16(21-3)22-8-12-5-6-13(25-4)7-14(12)17(18,19)20;/h5-7H,8-9H2,1-4H3,(H2,21,22,23);1H. The molecule has 0 unspecified atom stereocenters. The average molecular weight is 514 g/mol. The van der Waals surface area contributed by atoms with E-state index in [2.05, 4.69) is 20.6 Å². The summed E-state index contributed by atoms with van der Waals surface area (Å²) in [4.78, 5) is 9.46. The summed E-state index contributed by atoms with van der Waals surface area (Å²) in [6.45, 7) is 4.34. The van der Waals surface area contributed by atoms with Crippen molar-refractivity contribution in [1.29, 1.82) is 0 Å². The summed E-state index contributed by atoms with van der Waals surface area (Å²) in [5, 5.41) is 6.98. The van der Waals surface area contributed by atoms with Gasteiger partial charge in [-0.15, -0.1) is 35.3 Å². The molecular formula is C17H22F3IN4OS. The molecule has 0 saturated carbocycles. The highest BCUT2D eigenvalue weighted by atomic mass is 127. The third-order valence-electron chi connectivity index (χ3n) is 3.71. The molecule has 0 amide bonds. The summed E-state index contributed by atoms with van der Waals surface area (Å²) in [5.41, 5.74) is 0.324. The number of nitrogens with zero attached hydrogens (tertiary/aromatic N) is 2. The van der Waals surface area contributed by atoms with Crippen LogP contribution in [0.2, 0.25) is 0 Å². The van der Waals surface area contributed by atoms with Crippen LogP contribution in [0.4, 0.5) is 13.2 Å². The Morgan fingerprint density at radius 3 is 2.41 bits per heavy atom. The van der Waals surface area contributed by atoms with Gasteiger partial charge in [-0.1, -0.05) is 6.07 Å². The summed E-state index contributed by atoms with van der Waals surface area (Å²) in [6, 6.07) is 3.90. The van der Waals surface area contributed by atoms with Crippen LogP contribution in [-0.2, 0) is 19.3 Å². The molecule has 2 aromatic rings. The summed E-state index contributed by atoms with van der Waals surface area (Å²) in [6.07, 6.45) is -4.46. The maximum Gasteiger partial charge on any atom is 0.416 e. The molecule has 27 heavy (non-hydrogen) atoms. The molecule has 0 saturated heterocycles. The van der Waals surface area contributed by atoms with Crippen LogP contribution in [0.1, 0.15) is 26.7 Å². The van der Waals surface area contributed by atoms with E-state index in [1.807, 2.05) is 13.8 Å². The van der Waals surface area contributed by atoms with E-state index in [0.717, 1.165) is 21.6 Å². The lowest BCUT2D eigenvalue weighted by molar-refractivity contribution is -0.138. The SMILES string of the molecule is CN=C(NCc1ccc(OC)cc1C(F)(F)F)NCc1sc(C)nc1C.I. The third-order valence-corrected chi connectivity index (χ3v) is 4.78. The Bertz CT molecular complexity index is 793. The van der Waals surface area contributed by atoms with Gasteiger partial charge in [0.05, 0.1) is 29.9 Å². The molecule has 10 heteroatoms. The van der Waals surface area contributed by atoms with E-state index >= 15 is 0 Å². The molecule has 0 fully saturated rings. The highest BCUT2D eigenvalue weighted by molar-refractivity contribution is 14.0.